The summed E-state index contributed by atoms with van der Waals surface area (Å²) in [4.78, 5) is 23.3. The highest BCUT2D eigenvalue weighted by Gasteiger charge is 2.27. The predicted octanol–water partition coefficient (Wildman–Crippen LogP) is 2.62. The summed E-state index contributed by atoms with van der Waals surface area (Å²) in [5.41, 5.74) is -1.19. The van der Waals surface area contributed by atoms with Crippen LogP contribution < -0.4 is 5.32 Å². The second kappa shape index (κ2) is 6.41. The number of hydrogen-bond donors (Lipinski definition) is 1. The van der Waals surface area contributed by atoms with Crippen LogP contribution in [0.2, 0.25) is 0 Å². The zero-order valence-corrected chi connectivity index (χ0v) is 13.4. The van der Waals surface area contributed by atoms with Crippen LogP contribution in [0.3, 0.4) is 0 Å². The number of esters is 1. The average molecular weight is 324 g/mol. The largest absolute Gasteiger partial charge is 0.458 e. The quantitative estimate of drug-likeness (QED) is 0.640. The van der Waals surface area contributed by atoms with E-state index in [1.807, 2.05) is 0 Å². The number of amides is 1. The Morgan fingerprint density at radius 2 is 1.50 bits per heavy atom. The van der Waals surface area contributed by atoms with E-state index in [4.69, 9.17) is 9.47 Å². The molecule has 1 atom stereocenters. The van der Waals surface area contributed by atoms with Gasteiger partial charge < -0.3 is 14.8 Å². The highest BCUT2D eigenvalue weighted by Crippen LogP contribution is 2.11. The van der Waals surface area contributed by atoms with Gasteiger partial charge in [0, 0.05) is 5.33 Å². The van der Waals surface area contributed by atoms with Gasteiger partial charge in [-0.25, -0.2) is 9.59 Å². The van der Waals surface area contributed by atoms with Gasteiger partial charge in [0.05, 0.1) is 0 Å². The molecule has 0 bridgehead atoms. The summed E-state index contributed by atoms with van der Waals surface area (Å²) in [6.45, 7) is 10.6. The first-order chi connectivity index (χ1) is 7.94. The fourth-order valence-corrected chi connectivity index (χ4v) is 1.41. The minimum atomic E-state index is -0.765. The lowest BCUT2D eigenvalue weighted by atomic mass is 10.2. The molecule has 6 heteroatoms. The number of alkyl carbamates (subject to hydrolysis) is 1. The van der Waals surface area contributed by atoms with Crippen molar-refractivity contribution in [2.24, 2.45) is 0 Å². The van der Waals surface area contributed by atoms with Crippen molar-refractivity contribution < 1.29 is 19.1 Å². The number of halogens is 1. The van der Waals surface area contributed by atoms with E-state index >= 15 is 0 Å². The van der Waals surface area contributed by atoms with Crippen molar-refractivity contribution in [3.8, 4) is 0 Å². The van der Waals surface area contributed by atoms with Gasteiger partial charge in [0.1, 0.15) is 17.2 Å². The predicted molar refractivity (Wildman–Crippen MR) is 72.8 cm³/mol. The molecule has 0 rings (SSSR count). The first kappa shape index (κ1) is 17.2. The van der Waals surface area contributed by atoms with Crippen molar-refractivity contribution >= 4 is 28.0 Å². The molecule has 0 saturated heterocycles. The summed E-state index contributed by atoms with van der Waals surface area (Å²) < 4.78 is 10.3. The molecule has 0 fully saturated rings. The minimum Gasteiger partial charge on any atom is -0.458 e. The van der Waals surface area contributed by atoms with Crippen LogP contribution in [0.25, 0.3) is 0 Å². The first-order valence-corrected chi connectivity index (χ1v) is 6.85. The molecule has 1 amide bonds. The van der Waals surface area contributed by atoms with Crippen molar-refractivity contribution in [1.29, 1.82) is 0 Å². The van der Waals surface area contributed by atoms with Crippen molar-refractivity contribution in [2.45, 2.75) is 58.8 Å². The third-order valence-corrected chi connectivity index (χ3v) is 2.18. The number of nitrogens with one attached hydrogen (secondary N) is 1. The fourth-order valence-electron chi connectivity index (χ4n) is 0.983. The number of carbonyl (C=O) groups excluding carboxylic acids is 2. The fraction of sp³-hybridized carbons (Fsp3) is 0.833. The third-order valence-electron chi connectivity index (χ3n) is 1.54. The number of carbonyl (C=O) groups is 2. The molecule has 106 valence electrons. The van der Waals surface area contributed by atoms with Gasteiger partial charge in [-0.1, -0.05) is 15.9 Å². The average Bonchev–Trinajstić information content (AvgIpc) is 2.07. The summed E-state index contributed by atoms with van der Waals surface area (Å²) in [6, 6.07) is -0.765. The van der Waals surface area contributed by atoms with E-state index in [9.17, 15) is 9.59 Å². The minimum absolute atomic E-state index is 0.265. The highest BCUT2D eigenvalue weighted by atomic mass is 79.9. The molecule has 0 aromatic rings. The molecule has 0 saturated carbocycles. The smallest absolute Gasteiger partial charge is 0.408 e. The molecule has 0 spiro atoms. The number of ether oxygens (including phenoxy) is 2. The Balaban J connectivity index is 4.44. The van der Waals surface area contributed by atoms with Gasteiger partial charge in [-0.2, -0.15) is 0 Å². The standard InChI is InChI=1S/C12H22BrNO4/c1-11(2,3)17-9(15)8(7-13)14-10(16)18-12(4,5)6/h8H,7H2,1-6H3,(H,14,16)/t8-/m0/s1. The van der Waals surface area contributed by atoms with E-state index in [1.54, 1.807) is 41.5 Å². The van der Waals surface area contributed by atoms with Gasteiger partial charge in [-0.3, -0.25) is 0 Å². The number of rotatable bonds is 3. The van der Waals surface area contributed by atoms with E-state index in [0.717, 1.165) is 0 Å². The first-order valence-electron chi connectivity index (χ1n) is 5.73. The molecular formula is C12H22BrNO4. The monoisotopic (exact) mass is 323 g/mol. The molecule has 18 heavy (non-hydrogen) atoms. The Labute approximate surface area is 117 Å². The van der Waals surface area contributed by atoms with Gasteiger partial charge in [-0.15, -0.1) is 0 Å². The molecular weight excluding hydrogens is 302 g/mol. The van der Waals surface area contributed by atoms with Crippen LogP contribution in [0.15, 0.2) is 0 Å². The second-order valence-corrected chi connectivity index (χ2v) is 6.53. The maximum atomic E-state index is 11.8. The molecule has 0 aromatic heterocycles. The Bertz CT molecular complexity index is 304. The van der Waals surface area contributed by atoms with Crippen LogP contribution in [0.4, 0.5) is 4.79 Å². The molecule has 0 radical (unpaired) electrons. The van der Waals surface area contributed by atoms with E-state index in [1.165, 1.54) is 0 Å². The topological polar surface area (TPSA) is 64.6 Å². The third kappa shape index (κ3) is 8.33. The molecule has 0 heterocycles. The van der Waals surface area contributed by atoms with E-state index in [-0.39, 0.29) is 5.33 Å². The van der Waals surface area contributed by atoms with Crippen molar-refractivity contribution in [2.75, 3.05) is 5.33 Å². The summed E-state index contributed by atoms with van der Waals surface area (Å²) in [5, 5.41) is 2.73. The van der Waals surface area contributed by atoms with Crippen molar-refractivity contribution in [3.63, 3.8) is 0 Å². The molecule has 1 N–H and O–H groups in total. The summed E-state index contributed by atoms with van der Waals surface area (Å²) in [6.07, 6.45) is -0.641. The van der Waals surface area contributed by atoms with Crippen molar-refractivity contribution in [1.82, 2.24) is 5.32 Å². The van der Waals surface area contributed by atoms with Crippen LogP contribution in [0.1, 0.15) is 41.5 Å². The maximum Gasteiger partial charge on any atom is 0.408 e. The van der Waals surface area contributed by atoms with Crippen LogP contribution in [-0.2, 0) is 14.3 Å². The van der Waals surface area contributed by atoms with Crippen molar-refractivity contribution in [3.05, 3.63) is 0 Å². The zero-order valence-electron chi connectivity index (χ0n) is 11.8. The summed E-state index contributed by atoms with van der Waals surface area (Å²) >= 11 is 3.16. The van der Waals surface area contributed by atoms with E-state index in [2.05, 4.69) is 21.2 Å². The zero-order chi connectivity index (χ0) is 14.6. The Morgan fingerprint density at radius 1 is 1.06 bits per heavy atom. The number of alkyl halides is 1. The van der Waals surface area contributed by atoms with Crippen LogP contribution in [-0.4, -0.2) is 34.6 Å². The molecule has 0 unspecified atom stereocenters. The maximum absolute atomic E-state index is 11.8. The summed E-state index contributed by atoms with van der Waals surface area (Å²) in [5.74, 6) is -0.495. The molecule has 0 aliphatic rings. The lowest BCUT2D eigenvalue weighted by molar-refractivity contribution is -0.156. The Kier molecular flexibility index (Phi) is 6.13. The molecule has 0 aliphatic heterocycles. The van der Waals surface area contributed by atoms with Gasteiger partial charge >= 0.3 is 12.1 Å². The van der Waals surface area contributed by atoms with Crippen LogP contribution >= 0.6 is 15.9 Å². The normalized spacial score (nSPS) is 13.7. The Morgan fingerprint density at radius 3 is 1.83 bits per heavy atom. The molecule has 0 aliphatic carbocycles. The molecule has 5 nitrogen and oxygen atoms in total. The number of hydrogen-bond acceptors (Lipinski definition) is 4. The summed E-state index contributed by atoms with van der Waals surface area (Å²) in [7, 11) is 0. The molecule has 0 aromatic carbocycles. The van der Waals surface area contributed by atoms with Gasteiger partial charge in [0.25, 0.3) is 0 Å². The lowest BCUT2D eigenvalue weighted by Gasteiger charge is -2.25. The van der Waals surface area contributed by atoms with Gasteiger partial charge in [-0.05, 0) is 41.5 Å². The van der Waals surface area contributed by atoms with E-state index in [0.29, 0.717) is 0 Å². The van der Waals surface area contributed by atoms with Crippen LogP contribution in [0.5, 0.6) is 0 Å². The Hall–Kier alpha value is -0.780. The van der Waals surface area contributed by atoms with E-state index < -0.39 is 29.3 Å². The van der Waals surface area contributed by atoms with Crippen LogP contribution in [0, 0.1) is 0 Å². The van der Waals surface area contributed by atoms with Gasteiger partial charge in [0.15, 0.2) is 0 Å². The lowest BCUT2D eigenvalue weighted by Crippen LogP contribution is -2.46. The second-order valence-electron chi connectivity index (χ2n) is 5.89. The highest BCUT2D eigenvalue weighted by molar-refractivity contribution is 9.09. The SMILES string of the molecule is CC(C)(C)OC(=O)N[C@@H](CBr)C(=O)OC(C)(C)C. The van der Waals surface area contributed by atoms with Gasteiger partial charge in [0.2, 0.25) is 0 Å².